The number of hydrogen-bond acceptors (Lipinski definition) is 6. The predicted octanol–water partition coefficient (Wildman–Crippen LogP) is 3.30. The fourth-order valence-corrected chi connectivity index (χ4v) is 4.75. The van der Waals surface area contributed by atoms with Gasteiger partial charge in [-0.3, -0.25) is 9.36 Å². The molecule has 1 N–H and O–H groups in total. The van der Waals surface area contributed by atoms with Gasteiger partial charge in [0.2, 0.25) is 11.9 Å². The van der Waals surface area contributed by atoms with Crippen molar-refractivity contribution in [3.63, 3.8) is 0 Å². The smallest absolute Gasteiger partial charge is 0.233 e. The van der Waals surface area contributed by atoms with E-state index in [9.17, 15) is 4.79 Å². The molecule has 29 heavy (non-hydrogen) atoms. The Balaban J connectivity index is 1.52. The second kappa shape index (κ2) is 9.36. The molecule has 7 nitrogen and oxygen atoms in total. The van der Waals surface area contributed by atoms with Gasteiger partial charge in [0.05, 0.1) is 17.0 Å². The van der Waals surface area contributed by atoms with Crippen LogP contribution < -0.4 is 10.2 Å². The molecule has 1 amide bonds. The van der Waals surface area contributed by atoms with Gasteiger partial charge in [-0.1, -0.05) is 29.4 Å². The summed E-state index contributed by atoms with van der Waals surface area (Å²) in [6.45, 7) is 5.15. The Morgan fingerprint density at radius 3 is 2.90 bits per heavy atom. The van der Waals surface area contributed by atoms with Gasteiger partial charge in [0.1, 0.15) is 0 Å². The van der Waals surface area contributed by atoms with Crippen LogP contribution in [0.5, 0.6) is 0 Å². The summed E-state index contributed by atoms with van der Waals surface area (Å²) in [5.74, 6) is 0.785. The third-order valence-corrected chi connectivity index (χ3v) is 6.53. The molecule has 0 unspecified atom stereocenters. The first-order valence-corrected chi connectivity index (χ1v) is 11.4. The van der Waals surface area contributed by atoms with Crippen molar-refractivity contribution in [2.45, 2.75) is 49.1 Å². The van der Waals surface area contributed by atoms with E-state index in [4.69, 9.17) is 16.3 Å². The lowest BCUT2D eigenvalue weighted by Gasteiger charge is -2.19. The molecule has 0 radical (unpaired) electrons. The summed E-state index contributed by atoms with van der Waals surface area (Å²) in [6.07, 6.45) is 4.49. The number of halogens is 1. The van der Waals surface area contributed by atoms with Gasteiger partial charge >= 0.3 is 0 Å². The SMILES string of the molecule is C[C@H](Sc1nnc(N2CCCC2)n1-c1cccc(Cl)c1)C(=O)NC[C@@H]1CCCO1. The molecule has 2 aliphatic heterocycles. The maximum absolute atomic E-state index is 12.6. The Morgan fingerprint density at radius 1 is 1.34 bits per heavy atom. The van der Waals surface area contributed by atoms with E-state index >= 15 is 0 Å². The Kier molecular flexibility index (Phi) is 6.62. The van der Waals surface area contributed by atoms with E-state index in [1.165, 1.54) is 11.8 Å². The molecule has 2 atom stereocenters. The molecule has 9 heteroatoms. The number of hydrogen-bond donors (Lipinski definition) is 1. The highest BCUT2D eigenvalue weighted by atomic mass is 35.5. The lowest BCUT2D eigenvalue weighted by atomic mass is 10.2. The summed E-state index contributed by atoms with van der Waals surface area (Å²) in [5, 5.41) is 12.9. The third-order valence-electron chi connectivity index (χ3n) is 5.25. The molecule has 0 aliphatic carbocycles. The summed E-state index contributed by atoms with van der Waals surface area (Å²) in [7, 11) is 0. The van der Waals surface area contributed by atoms with E-state index in [2.05, 4.69) is 20.4 Å². The minimum Gasteiger partial charge on any atom is -0.376 e. The number of nitrogens with zero attached hydrogens (tertiary/aromatic N) is 4. The standard InChI is InChI=1S/C20H26ClN5O2S/c1-14(18(27)22-13-17-8-5-11-28-17)29-20-24-23-19(25-9-2-3-10-25)26(20)16-7-4-6-15(21)12-16/h4,6-7,12,14,17H,2-3,5,8-11,13H2,1H3,(H,22,27)/t14-,17-/m0/s1. The van der Waals surface area contributed by atoms with E-state index in [-0.39, 0.29) is 17.3 Å². The van der Waals surface area contributed by atoms with E-state index < -0.39 is 0 Å². The largest absolute Gasteiger partial charge is 0.376 e. The lowest BCUT2D eigenvalue weighted by molar-refractivity contribution is -0.120. The van der Waals surface area contributed by atoms with Gasteiger partial charge in [0.25, 0.3) is 0 Å². The average molecular weight is 436 g/mol. The summed E-state index contributed by atoms with van der Waals surface area (Å²) in [4.78, 5) is 14.8. The number of aromatic nitrogens is 3. The van der Waals surface area contributed by atoms with Crippen LogP contribution in [0.4, 0.5) is 5.95 Å². The summed E-state index contributed by atoms with van der Waals surface area (Å²) in [6, 6.07) is 7.65. The average Bonchev–Trinajstić information content (AvgIpc) is 3.47. The molecule has 0 saturated carbocycles. The van der Waals surface area contributed by atoms with Gasteiger partial charge in [0.15, 0.2) is 5.16 Å². The number of benzene rings is 1. The Morgan fingerprint density at radius 2 is 2.17 bits per heavy atom. The van der Waals surface area contributed by atoms with Crippen LogP contribution in [0.15, 0.2) is 29.4 Å². The van der Waals surface area contributed by atoms with Crippen LogP contribution in [0.25, 0.3) is 5.69 Å². The molecule has 2 aromatic rings. The molecule has 2 aliphatic rings. The van der Waals surface area contributed by atoms with Gasteiger partial charge in [-0.05, 0) is 50.8 Å². The topological polar surface area (TPSA) is 72.3 Å². The predicted molar refractivity (Wildman–Crippen MR) is 115 cm³/mol. The molecule has 0 spiro atoms. The number of thioether (sulfide) groups is 1. The van der Waals surface area contributed by atoms with Crippen LogP contribution in [0.2, 0.25) is 5.02 Å². The number of ether oxygens (including phenoxy) is 1. The van der Waals surface area contributed by atoms with Gasteiger partial charge in [-0.15, -0.1) is 10.2 Å². The monoisotopic (exact) mass is 435 g/mol. The molecule has 156 valence electrons. The van der Waals surface area contributed by atoms with Crippen LogP contribution in [-0.2, 0) is 9.53 Å². The molecule has 0 bridgehead atoms. The van der Waals surface area contributed by atoms with Crippen molar-refractivity contribution < 1.29 is 9.53 Å². The van der Waals surface area contributed by atoms with Crippen LogP contribution in [0.3, 0.4) is 0 Å². The van der Waals surface area contributed by atoms with Crippen molar-refractivity contribution in [2.75, 3.05) is 31.1 Å². The highest BCUT2D eigenvalue weighted by Crippen LogP contribution is 2.31. The number of carbonyl (C=O) groups excluding carboxylic acids is 1. The minimum atomic E-state index is -0.301. The fraction of sp³-hybridized carbons (Fsp3) is 0.550. The Bertz CT molecular complexity index is 849. The first-order valence-electron chi connectivity index (χ1n) is 10.1. The first-order chi connectivity index (χ1) is 14.1. The van der Waals surface area contributed by atoms with Crippen LogP contribution in [0, 0.1) is 0 Å². The third kappa shape index (κ3) is 4.87. The van der Waals surface area contributed by atoms with Crippen molar-refractivity contribution in [3.05, 3.63) is 29.3 Å². The molecular formula is C20H26ClN5O2S. The van der Waals surface area contributed by atoms with E-state index in [1.807, 2.05) is 35.8 Å². The van der Waals surface area contributed by atoms with Crippen molar-refractivity contribution >= 4 is 35.2 Å². The maximum atomic E-state index is 12.6. The molecule has 2 saturated heterocycles. The molecule has 3 heterocycles. The summed E-state index contributed by atoms with van der Waals surface area (Å²) < 4.78 is 7.59. The zero-order chi connectivity index (χ0) is 20.2. The maximum Gasteiger partial charge on any atom is 0.233 e. The number of anilines is 1. The molecule has 4 rings (SSSR count). The van der Waals surface area contributed by atoms with Gasteiger partial charge in [0, 0.05) is 31.3 Å². The Hall–Kier alpha value is -1.77. The normalized spacial score (nSPS) is 20.2. The van der Waals surface area contributed by atoms with E-state index in [0.717, 1.165) is 57.0 Å². The fourth-order valence-electron chi connectivity index (χ4n) is 3.68. The van der Waals surface area contributed by atoms with Crippen LogP contribution in [0.1, 0.15) is 32.6 Å². The molecule has 1 aromatic carbocycles. The van der Waals surface area contributed by atoms with Crippen molar-refractivity contribution in [2.24, 2.45) is 0 Å². The van der Waals surface area contributed by atoms with Gasteiger partial charge < -0.3 is 15.0 Å². The van der Waals surface area contributed by atoms with E-state index in [1.54, 1.807) is 0 Å². The first kappa shape index (κ1) is 20.5. The van der Waals surface area contributed by atoms with Crippen LogP contribution >= 0.6 is 23.4 Å². The minimum absolute atomic E-state index is 0.0196. The molecule has 2 fully saturated rings. The number of amides is 1. The second-order valence-electron chi connectivity index (χ2n) is 7.43. The van der Waals surface area contributed by atoms with Gasteiger partial charge in [-0.2, -0.15) is 0 Å². The highest BCUT2D eigenvalue weighted by molar-refractivity contribution is 8.00. The zero-order valence-corrected chi connectivity index (χ0v) is 18.1. The van der Waals surface area contributed by atoms with E-state index in [0.29, 0.717) is 16.7 Å². The summed E-state index contributed by atoms with van der Waals surface area (Å²) in [5.41, 5.74) is 0.902. The number of rotatable bonds is 7. The molecule has 1 aromatic heterocycles. The lowest BCUT2D eigenvalue weighted by Crippen LogP contribution is -2.36. The van der Waals surface area contributed by atoms with Gasteiger partial charge in [-0.25, -0.2) is 0 Å². The van der Waals surface area contributed by atoms with Crippen molar-refractivity contribution in [3.8, 4) is 5.69 Å². The number of nitrogens with one attached hydrogen (secondary N) is 1. The Labute approximate surface area is 180 Å². The highest BCUT2D eigenvalue weighted by Gasteiger charge is 2.26. The van der Waals surface area contributed by atoms with Crippen molar-refractivity contribution in [1.29, 1.82) is 0 Å². The molecular weight excluding hydrogens is 410 g/mol. The second-order valence-corrected chi connectivity index (χ2v) is 9.18. The quantitative estimate of drug-likeness (QED) is 0.673. The number of carbonyl (C=O) groups is 1. The zero-order valence-electron chi connectivity index (χ0n) is 16.5. The van der Waals surface area contributed by atoms with Crippen LogP contribution in [-0.4, -0.2) is 58.3 Å². The summed E-state index contributed by atoms with van der Waals surface area (Å²) >= 11 is 7.64. The van der Waals surface area contributed by atoms with Crippen molar-refractivity contribution in [1.82, 2.24) is 20.1 Å².